The molecule has 0 aromatic rings. The van der Waals surface area contributed by atoms with E-state index in [9.17, 15) is 9.90 Å². The minimum absolute atomic E-state index is 0.0412. The van der Waals surface area contributed by atoms with Crippen LogP contribution in [0.5, 0.6) is 0 Å². The zero-order valence-corrected chi connectivity index (χ0v) is 6.71. The van der Waals surface area contributed by atoms with Crippen molar-refractivity contribution in [2.45, 2.75) is 24.4 Å². The van der Waals surface area contributed by atoms with Gasteiger partial charge in [0.15, 0.2) is 6.29 Å². The Morgan fingerprint density at radius 1 is 1.67 bits per heavy atom. The van der Waals surface area contributed by atoms with Gasteiger partial charge in [0.05, 0.1) is 6.61 Å². The Kier molecular flexibility index (Phi) is 3.16. The van der Waals surface area contributed by atoms with Gasteiger partial charge in [-0.25, -0.2) is 0 Å². The lowest BCUT2D eigenvalue weighted by Crippen LogP contribution is -2.40. The van der Waals surface area contributed by atoms with E-state index >= 15 is 0 Å². The Labute approximate surface area is 69.9 Å². The Morgan fingerprint density at radius 2 is 2.33 bits per heavy atom. The molecule has 1 fully saturated rings. The maximum Gasteiger partial charge on any atom is 0.151 e. The first kappa shape index (κ1) is 9.60. The summed E-state index contributed by atoms with van der Waals surface area (Å²) in [7, 11) is 1.35. The molecule has 0 aromatic carbocycles. The van der Waals surface area contributed by atoms with Gasteiger partial charge >= 0.3 is 0 Å². The molecule has 0 amide bonds. The van der Waals surface area contributed by atoms with Gasteiger partial charge in [-0.2, -0.15) is 0 Å². The topological polar surface area (TPSA) is 76.0 Å². The second-order valence-electron chi connectivity index (χ2n) is 2.69. The summed E-state index contributed by atoms with van der Waals surface area (Å²) in [6.45, 7) is 0.0412. The van der Waals surface area contributed by atoms with Crippen molar-refractivity contribution < 1.29 is 24.5 Å². The molecule has 5 nitrogen and oxygen atoms in total. The number of aliphatic hydroxyl groups excluding tert-OH is 2. The standard InChI is InChI=1S/C7H12O5/c1-11-5(2-8)7-6(10)4(9)3-12-7/h2,4-7,9-10H,3H2,1H3/t4-,5+,6+,7-/m1/s1. The number of carbonyl (C=O) groups excluding carboxylic acids is 1. The van der Waals surface area contributed by atoms with Gasteiger partial charge in [-0.05, 0) is 0 Å². The van der Waals surface area contributed by atoms with Crippen LogP contribution in [0.25, 0.3) is 0 Å². The molecule has 0 unspecified atom stereocenters. The molecule has 1 aliphatic heterocycles. The summed E-state index contributed by atoms with van der Waals surface area (Å²) < 4.78 is 9.70. The third-order valence-corrected chi connectivity index (χ3v) is 1.92. The average molecular weight is 176 g/mol. The van der Waals surface area contributed by atoms with Crippen molar-refractivity contribution in [3.05, 3.63) is 0 Å². The monoisotopic (exact) mass is 176 g/mol. The molecule has 0 bridgehead atoms. The molecule has 0 aromatic heterocycles. The molecule has 5 heteroatoms. The van der Waals surface area contributed by atoms with Crippen molar-refractivity contribution in [3.63, 3.8) is 0 Å². The van der Waals surface area contributed by atoms with Crippen LogP contribution in [0.1, 0.15) is 0 Å². The lowest BCUT2D eigenvalue weighted by molar-refractivity contribution is -0.128. The zero-order chi connectivity index (χ0) is 9.14. The molecule has 4 atom stereocenters. The van der Waals surface area contributed by atoms with E-state index in [4.69, 9.17) is 14.6 Å². The number of carbonyl (C=O) groups is 1. The molecule has 0 aliphatic carbocycles. The highest BCUT2D eigenvalue weighted by Gasteiger charge is 2.39. The van der Waals surface area contributed by atoms with Crippen LogP contribution >= 0.6 is 0 Å². The third kappa shape index (κ3) is 1.64. The van der Waals surface area contributed by atoms with E-state index in [1.807, 2.05) is 0 Å². The fourth-order valence-electron chi connectivity index (χ4n) is 1.18. The predicted octanol–water partition coefficient (Wildman–Crippen LogP) is -1.68. The third-order valence-electron chi connectivity index (χ3n) is 1.92. The molecular weight excluding hydrogens is 164 g/mol. The minimum atomic E-state index is -1.04. The normalized spacial score (nSPS) is 38.1. The molecule has 1 aliphatic rings. The molecule has 0 saturated carbocycles. The maximum atomic E-state index is 10.4. The molecule has 0 spiro atoms. The van der Waals surface area contributed by atoms with E-state index in [1.54, 1.807) is 0 Å². The Bertz CT molecular complexity index is 160. The first-order valence-corrected chi connectivity index (χ1v) is 3.66. The molecule has 12 heavy (non-hydrogen) atoms. The zero-order valence-electron chi connectivity index (χ0n) is 6.71. The molecule has 70 valence electrons. The lowest BCUT2D eigenvalue weighted by atomic mass is 10.1. The highest BCUT2D eigenvalue weighted by Crippen LogP contribution is 2.17. The largest absolute Gasteiger partial charge is 0.388 e. The number of methoxy groups -OCH3 is 1. The maximum absolute atomic E-state index is 10.4. The number of rotatable bonds is 3. The van der Waals surface area contributed by atoms with Crippen molar-refractivity contribution in [2.24, 2.45) is 0 Å². The first-order valence-electron chi connectivity index (χ1n) is 3.66. The van der Waals surface area contributed by atoms with Crippen molar-refractivity contribution in [2.75, 3.05) is 13.7 Å². The highest BCUT2D eigenvalue weighted by molar-refractivity contribution is 5.57. The van der Waals surface area contributed by atoms with E-state index in [-0.39, 0.29) is 6.61 Å². The molecule has 0 radical (unpaired) electrons. The van der Waals surface area contributed by atoms with E-state index < -0.39 is 24.4 Å². The van der Waals surface area contributed by atoms with Gasteiger partial charge in [-0.1, -0.05) is 0 Å². The summed E-state index contributed by atoms with van der Waals surface area (Å²) in [6.07, 6.45) is -2.97. The van der Waals surface area contributed by atoms with Crippen LogP contribution in [0, 0.1) is 0 Å². The van der Waals surface area contributed by atoms with Gasteiger partial charge in [0.25, 0.3) is 0 Å². The Balaban J connectivity index is 2.57. The van der Waals surface area contributed by atoms with Crippen LogP contribution in [0.2, 0.25) is 0 Å². The summed E-state index contributed by atoms with van der Waals surface area (Å²) in [4.78, 5) is 10.4. The van der Waals surface area contributed by atoms with Crippen LogP contribution in [0.3, 0.4) is 0 Å². The summed E-state index contributed by atoms with van der Waals surface area (Å²) in [5.74, 6) is 0. The van der Waals surface area contributed by atoms with Gasteiger partial charge in [0.1, 0.15) is 24.4 Å². The fraction of sp³-hybridized carbons (Fsp3) is 0.857. The first-order chi connectivity index (χ1) is 5.70. The number of aliphatic hydroxyl groups is 2. The van der Waals surface area contributed by atoms with Gasteiger partial charge in [0, 0.05) is 7.11 Å². The molecular formula is C7H12O5. The fourth-order valence-corrected chi connectivity index (χ4v) is 1.18. The number of ether oxygens (including phenoxy) is 2. The van der Waals surface area contributed by atoms with Crippen molar-refractivity contribution in [1.82, 2.24) is 0 Å². The molecule has 2 N–H and O–H groups in total. The van der Waals surface area contributed by atoms with Gasteiger partial charge < -0.3 is 24.5 Å². The molecule has 1 heterocycles. The van der Waals surface area contributed by atoms with Gasteiger partial charge in [-0.15, -0.1) is 0 Å². The van der Waals surface area contributed by atoms with E-state index in [0.717, 1.165) is 0 Å². The van der Waals surface area contributed by atoms with Crippen molar-refractivity contribution >= 4 is 6.29 Å². The van der Waals surface area contributed by atoms with Gasteiger partial charge in [-0.3, -0.25) is 0 Å². The summed E-state index contributed by atoms with van der Waals surface area (Å²) in [6, 6.07) is 0. The van der Waals surface area contributed by atoms with Crippen LogP contribution < -0.4 is 0 Å². The number of hydrogen-bond acceptors (Lipinski definition) is 5. The summed E-state index contributed by atoms with van der Waals surface area (Å²) in [5.41, 5.74) is 0. The van der Waals surface area contributed by atoms with E-state index in [0.29, 0.717) is 6.29 Å². The minimum Gasteiger partial charge on any atom is -0.388 e. The predicted molar refractivity (Wildman–Crippen MR) is 38.6 cm³/mol. The SMILES string of the molecule is CO[C@@H](C=O)[C@H]1OC[C@@H](O)[C@@H]1O. The second kappa shape index (κ2) is 3.95. The van der Waals surface area contributed by atoms with E-state index in [2.05, 4.69) is 0 Å². The van der Waals surface area contributed by atoms with Crippen molar-refractivity contribution in [3.8, 4) is 0 Å². The van der Waals surface area contributed by atoms with Crippen LogP contribution in [0.4, 0.5) is 0 Å². The lowest BCUT2D eigenvalue weighted by Gasteiger charge is -2.19. The van der Waals surface area contributed by atoms with E-state index in [1.165, 1.54) is 7.11 Å². The smallest absolute Gasteiger partial charge is 0.151 e. The van der Waals surface area contributed by atoms with Crippen LogP contribution in [-0.2, 0) is 14.3 Å². The van der Waals surface area contributed by atoms with Crippen LogP contribution in [-0.4, -0.2) is 54.6 Å². The Hall–Kier alpha value is -0.490. The molecule has 1 saturated heterocycles. The van der Waals surface area contributed by atoms with Crippen molar-refractivity contribution in [1.29, 1.82) is 0 Å². The summed E-state index contributed by atoms with van der Waals surface area (Å²) in [5, 5.41) is 18.3. The average Bonchev–Trinajstić information content (AvgIpc) is 2.38. The molecule has 1 rings (SSSR count). The number of aldehydes is 1. The van der Waals surface area contributed by atoms with Crippen LogP contribution in [0.15, 0.2) is 0 Å². The quantitative estimate of drug-likeness (QED) is 0.502. The Morgan fingerprint density at radius 3 is 2.67 bits per heavy atom. The highest BCUT2D eigenvalue weighted by atomic mass is 16.6. The second-order valence-corrected chi connectivity index (χ2v) is 2.69. The number of hydrogen-bond donors (Lipinski definition) is 2. The summed E-state index contributed by atoms with van der Waals surface area (Å²) >= 11 is 0. The van der Waals surface area contributed by atoms with Gasteiger partial charge in [0.2, 0.25) is 0 Å².